The second-order valence-electron chi connectivity index (χ2n) is 8.76. The van der Waals surface area contributed by atoms with Gasteiger partial charge in [-0.25, -0.2) is 0 Å². The molecule has 0 radical (unpaired) electrons. The van der Waals surface area contributed by atoms with Crippen molar-refractivity contribution in [3.05, 3.63) is 64.8 Å². The van der Waals surface area contributed by atoms with E-state index in [1.807, 2.05) is 37.3 Å². The molecule has 1 aliphatic rings. The highest BCUT2D eigenvalue weighted by molar-refractivity contribution is 6.12. The van der Waals surface area contributed by atoms with Gasteiger partial charge in [0.15, 0.2) is 5.78 Å². The van der Waals surface area contributed by atoms with Gasteiger partial charge in [0.05, 0.1) is 12.2 Å². The molecule has 1 heterocycles. The van der Waals surface area contributed by atoms with Crippen LogP contribution >= 0.6 is 0 Å². The van der Waals surface area contributed by atoms with Crippen LogP contribution in [0.3, 0.4) is 0 Å². The number of fused-ring (bicyclic) bond motifs is 3. The van der Waals surface area contributed by atoms with Crippen LogP contribution in [0.1, 0.15) is 54.4 Å². The van der Waals surface area contributed by atoms with Gasteiger partial charge in [-0.2, -0.15) is 0 Å². The predicted molar refractivity (Wildman–Crippen MR) is 123 cm³/mol. The van der Waals surface area contributed by atoms with Crippen LogP contribution in [-0.2, 0) is 12.8 Å². The molecule has 4 rings (SSSR count). The maximum Gasteiger partial charge on any atom is 0.196 e. The average molecular weight is 405 g/mol. The zero-order valence-electron chi connectivity index (χ0n) is 18.3. The lowest BCUT2D eigenvalue weighted by Crippen LogP contribution is -2.29. The fraction of sp³-hybridized carbons (Fsp3) is 0.423. The Bertz CT molecular complexity index is 1030. The molecule has 3 aromatic rings. The summed E-state index contributed by atoms with van der Waals surface area (Å²) in [6.45, 7) is 9.09. The first-order valence-electron chi connectivity index (χ1n) is 11.2. The molecule has 1 unspecified atom stereocenters. The van der Waals surface area contributed by atoms with Crippen LogP contribution < -0.4 is 10.1 Å². The van der Waals surface area contributed by atoms with E-state index in [4.69, 9.17) is 4.74 Å². The Morgan fingerprint density at radius 3 is 2.87 bits per heavy atom. The number of nitrogens with one attached hydrogen (secondary N) is 2. The third-order valence-corrected chi connectivity index (χ3v) is 5.97. The Labute approximate surface area is 179 Å². The molecule has 2 aromatic carbocycles. The normalized spacial score (nSPS) is 16.1. The zero-order chi connectivity index (χ0) is 21.1. The van der Waals surface area contributed by atoms with E-state index >= 15 is 0 Å². The quantitative estimate of drug-likeness (QED) is 0.511. The number of aryl methyl sites for hydroxylation is 1. The van der Waals surface area contributed by atoms with E-state index < -0.39 is 0 Å². The van der Waals surface area contributed by atoms with Gasteiger partial charge < -0.3 is 15.0 Å². The summed E-state index contributed by atoms with van der Waals surface area (Å²) in [6.07, 6.45) is 3.35. The predicted octanol–water partition coefficient (Wildman–Crippen LogP) is 5.15. The molecule has 4 nitrogen and oxygen atoms in total. The highest BCUT2D eigenvalue weighted by Gasteiger charge is 2.23. The molecule has 158 valence electrons. The van der Waals surface area contributed by atoms with Crippen molar-refractivity contribution in [2.24, 2.45) is 11.8 Å². The fourth-order valence-corrected chi connectivity index (χ4v) is 4.47. The van der Waals surface area contributed by atoms with Crippen molar-refractivity contribution in [3.63, 3.8) is 0 Å². The van der Waals surface area contributed by atoms with Crippen LogP contribution in [-0.4, -0.2) is 30.5 Å². The second-order valence-corrected chi connectivity index (χ2v) is 8.76. The summed E-state index contributed by atoms with van der Waals surface area (Å²) in [5.74, 6) is 1.98. The monoisotopic (exact) mass is 404 g/mol. The van der Waals surface area contributed by atoms with E-state index in [0.29, 0.717) is 29.8 Å². The first-order chi connectivity index (χ1) is 14.6. The molecule has 1 aliphatic carbocycles. The number of ketones is 1. The Kier molecular flexibility index (Phi) is 6.24. The molecule has 0 saturated carbocycles. The minimum absolute atomic E-state index is 0.0156. The number of aromatic nitrogens is 1. The highest BCUT2D eigenvalue weighted by atomic mass is 16.5. The lowest BCUT2D eigenvalue weighted by atomic mass is 9.86. The van der Waals surface area contributed by atoms with Gasteiger partial charge >= 0.3 is 0 Å². The maximum absolute atomic E-state index is 13.2. The van der Waals surface area contributed by atoms with Crippen molar-refractivity contribution < 1.29 is 9.53 Å². The summed E-state index contributed by atoms with van der Waals surface area (Å²) in [4.78, 5) is 16.8. The summed E-state index contributed by atoms with van der Waals surface area (Å²) < 4.78 is 5.68. The van der Waals surface area contributed by atoms with Crippen LogP contribution in [0, 0.1) is 11.8 Å². The van der Waals surface area contributed by atoms with Gasteiger partial charge in [0.25, 0.3) is 0 Å². The van der Waals surface area contributed by atoms with Crippen molar-refractivity contribution in [2.45, 2.75) is 40.0 Å². The Morgan fingerprint density at radius 1 is 1.23 bits per heavy atom. The number of rotatable bonds is 8. The van der Waals surface area contributed by atoms with E-state index in [0.717, 1.165) is 37.0 Å². The highest BCUT2D eigenvalue weighted by Crippen LogP contribution is 2.33. The second kappa shape index (κ2) is 9.05. The van der Waals surface area contributed by atoms with Gasteiger partial charge in [-0.1, -0.05) is 26.0 Å². The van der Waals surface area contributed by atoms with E-state index in [1.54, 1.807) is 0 Å². The van der Waals surface area contributed by atoms with Crippen molar-refractivity contribution >= 4 is 16.7 Å². The molecule has 4 heteroatoms. The van der Waals surface area contributed by atoms with Crippen LogP contribution in [0.5, 0.6) is 5.75 Å². The summed E-state index contributed by atoms with van der Waals surface area (Å²) in [7, 11) is 0. The molecule has 0 saturated heterocycles. The minimum Gasteiger partial charge on any atom is -0.493 e. The zero-order valence-corrected chi connectivity index (χ0v) is 18.3. The van der Waals surface area contributed by atoms with Crippen LogP contribution in [0.15, 0.2) is 42.5 Å². The molecule has 30 heavy (non-hydrogen) atoms. The van der Waals surface area contributed by atoms with Crippen molar-refractivity contribution in [1.29, 1.82) is 0 Å². The smallest absolute Gasteiger partial charge is 0.196 e. The SMILES string of the molecule is CCOc1ccccc1C(=O)c1ccc2[nH]c3c(c2c1)CC(CNCC(C)C)CC3. The van der Waals surface area contributed by atoms with Gasteiger partial charge in [0, 0.05) is 22.2 Å². The third kappa shape index (κ3) is 4.29. The Morgan fingerprint density at radius 2 is 2.07 bits per heavy atom. The molecule has 0 aliphatic heterocycles. The van der Waals surface area contributed by atoms with Crippen LogP contribution in [0.2, 0.25) is 0 Å². The first kappa shape index (κ1) is 20.7. The fourth-order valence-electron chi connectivity index (χ4n) is 4.47. The number of carbonyl (C=O) groups is 1. The van der Waals surface area contributed by atoms with E-state index in [9.17, 15) is 4.79 Å². The van der Waals surface area contributed by atoms with E-state index in [2.05, 4.69) is 36.3 Å². The number of aromatic amines is 1. The number of benzene rings is 2. The first-order valence-corrected chi connectivity index (χ1v) is 11.2. The van der Waals surface area contributed by atoms with Crippen molar-refractivity contribution in [3.8, 4) is 5.75 Å². The largest absolute Gasteiger partial charge is 0.493 e. The lowest BCUT2D eigenvalue weighted by molar-refractivity contribution is 0.103. The molecule has 0 bridgehead atoms. The number of hydrogen-bond donors (Lipinski definition) is 2. The Balaban J connectivity index is 1.60. The number of hydrogen-bond acceptors (Lipinski definition) is 3. The topological polar surface area (TPSA) is 54.1 Å². The summed E-state index contributed by atoms with van der Waals surface area (Å²) in [5, 5.41) is 4.81. The number of ether oxygens (including phenoxy) is 1. The number of carbonyl (C=O) groups excluding carboxylic acids is 1. The van der Waals surface area contributed by atoms with Gasteiger partial charge in [-0.05, 0) is 87.0 Å². The summed E-state index contributed by atoms with van der Waals surface area (Å²) >= 11 is 0. The van der Waals surface area contributed by atoms with Gasteiger partial charge in [0.2, 0.25) is 0 Å². The molecule has 1 atom stereocenters. The molecule has 1 aromatic heterocycles. The average Bonchev–Trinajstić information content (AvgIpc) is 3.11. The van der Waals surface area contributed by atoms with Gasteiger partial charge in [-0.15, -0.1) is 0 Å². The molecular formula is C26H32N2O2. The Hall–Kier alpha value is -2.59. The van der Waals surface area contributed by atoms with Crippen molar-refractivity contribution in [1.82, 2.24) is 10.3 Å². The number of para-hydroxylation sites is 1. The molecule has 0 fully saturated rings. The van der Waals surface area contributed by atoms with Gasteiger partial charge in [0.1, 0.15) is 5.75 Å². The standard InChI is InChI=1S/C26H32N2O2/c1-4-30-25-8-6-5-7-20(25)26(29)19-10-12-24-22(14-19)21-13-18(9-11-23(21)28-24)16-27-15-17(2)3/h5-8,10,12,14,17-18,27-28H,4,9,11,13,15-16H2,1-3H3. The molecule has 0 spiro atoms. The number of H-pyrrole nitrogens is 1. The van der Waals surface area contributed by atoms with Crippen LogP contribution in [0.4, 0.5) is 0 Å². The molecule has 0 amide bonds. The minimum atomic E-state index is 0.0156. The summed E-state index contributed by atoms with van der Waals surface area (Å²) in [6, 6.07) is 13.6. The van der Waals surface area contributed by atoms with Gasteiger partial charge in [-0.3, -0.25) is 4.79 Å². The van der Waals surface area contributed by atoms with E-state index in [-0.39, 0.29) is 5.78 Å². The summed E-state index contributed by atoms with van der Waals surface area (Å²) in [5.41, 5.74) is 5.20. The molecular weight excluding hydrogens is 372 g/mol. The van der Waals surface area contributed by atoms with E-state index in [1.165, 1.54) is 23.1 Å². The third-order valence-electron chi connectivity index (χ3n) is 5.97. The van der Waals surface area contributed by atoms with Crippen LogP contribution in [0.25, 0.3) is 10.9 Å². The lowest BCUT2D eigenvalue weighted by Gasteiger charge is -2.23. The van der Waals surface area contributed by atoms with Crippen molar-refractivity contribution in [2.75, 3.05) is 19.7 Å². The molecule has 2 N–H and O–H groups in total. The maximum atomic E-state index is 13.2.